The molecule has 140 valence electrons. The lowest BCUT2D eigenvalue weighted by Crippen LogP contribution is -2.30. The molecule has 0 aliphatic rings. The van der Waals surface area contributed by atoms with Gasteiger partial charge in [0.2, 0.25) is 0 Å². The molecule has 0 unspecified atom stereocenters. The van der Waals surface area contributed by atoms with Gasteiger partial charge in [0.1, 0.15) is 18.1 Å². The maximum absolute atomic E-state index is 12.3. The Bertz CT molecular complexity index is 781. The molecule has 0 spiro atoms. The largest absolute Gasteiger partial charge is 0.493 e. The van der Waals surface area contributed by atoms with E-state index in [9.17, 15) is 4.79 Å². The number of benzene rings is 2. The van der Waals surface area contributed by atoms with E-state index in [1.54, 1.807) is 6.07 Å². The molecule has 0 atom stereocenters. The topological polar surface area (TPSA) is 47.6 Å². The quantitative estimate of drug-likeness (QED) is 0.781. The highest BCUT2D eigenvalue weighted by atomic mass is 16.5. The van der Waals surface area contributed by atoms with Gasteiger partial charge in [-0.15, -0.1) is 0 Å². The summed E-state index contributed by atoms with van der Waals surface area (Å²) in [6.45, 7) is 12.9. The fourth-order valence-corrected chi connectivity index (χ4v) is 2.78. The van der Waals surface area contributed by atoms with Crippen molar-refractivity contribution >= 4 is 5.91 Å². The van der Waals surface area contributed by atoms with E-state index in [0.29, 0.717) is 18.8 Å². The number of nitrogens with one attached hydrogen (secondary N) is 1. The Labute approximate surface area is 156 Å². The van der Waals surface area contributed by atoms with Crippen molar-refractivity contribution in [3.8, 4) is 11.5 Å². The number of amides is 1. The first-order valence-corrected chi connectivity index (χ1v) is 9.09. The van der Waals surface area contributed by atoms with Crippen molar-refractivity contribution in [2.24, 2.45) is 0 Å². The van der Waals surface area contributed by atoms with E-state index < -0.39 is 0 Å². The molecule has 0 radical (unpaired) electrons. The molecule has 0 bridgehead atoms. The van der Waals surface area contributed by atoms with Crippen molar-refractivity contribution in [1.29, 1.82) is 0 Å². The summed E-state index contributed by atoms with van der Waals surface area (Å²) in [7, 11) is 0. The number of carbonyl (C=O) groups excluding carboxylic acids is 1. The smallest absolute Gasteiger partial charge is 0.251 e. The van der Waals surface area contributed by atoms with Gasteiger partial charge >= 0.3 is 0 Å². The highest BCUT2D eigenvalue weighted by Gasteiger charge is 2.13. The lowest BCUT2D eigenvalue weighted by Gasteiger charge is -2.16. The molecule has 0 saturated carbocycles. The first kappa shape index (κ1) is 19.8. The molecular formula is C22H29NO3. The second kappa shape index (κ2) is 8.75. The number of aryl methyl sites for hydroxylation is 2. The molecule has 1 N–H and O–H groups in total. The van der Waals surface area contributed by atoms with Crippen LogP contribution in [0.2, 0.25) is 0 Å². The molecule has 4 nitrogen and oxygen atoms in total. The molecule has 0 fully saturated rings. The number of hydrogen-bond acceptors (Lipinski definition) is 3. The van der Waals surface area contributed by atoms with Gasteiger partial charge < -0.3 is 14.8 Å². The van der Waals surface area contributed by atoms with Gasteiger partial charge in [-0.3, -0.25) is 4.79 Å². The van der Waals surface area contributed by atoms with Crippen LogP contribution < -0.4 is 14.8 Å². The monoisotopic (exact) mass is 355 g/mol. The number of rotatable bonds is 7. The molecule has 0 saturated heterocycles. The Morgan fingerprint density at radius 1 is 1.04 bits per heavy atom. The molecule has 0 heterocycles. The van der Waals surface area contributed by atoms with Gasteiger partial charge in [-0.25, -0.2) is 0 Å². The van der Waals surface area contributed by atoms with Gasteiger partial charge in [-0.1, -0.05) is 6.07 Å². The molecule has 2 rings (SSSR count). The Kier molecular flexibility index (Phi) is 6.67. The Balaban J connectivity index is 2.27. The normalized spacial score (nSPS) is 10.7. The van der Waals surface area contributed by atoms with Crippen LogP contribution in [0.1, 0.15) is 53.4 Å². The van der Waals surface area contributed by atoms with E-state index in [0.717, 1.165) is 28.2 Å². The van der Waals surface area contributed by atoms with E-state index in [1.807, 2.05) is 39.0 Å². The zero-order valence-corrected chi connectivity index (χ0v) is 16.6. The van der Waals surface area contributed by atoms with Crippen LogP contribution >= 0.6 is 0 Å². The lowest BCUT2D eigenvalue weighted by atomic mass is 10.1. The van der Waals surface area contributed by atoms with Crippen LogP contribution in [0.3, 0.4) is 0 Å². The first-order chi connectivity index (χ1) is 12.3. The molecular weight excluding hydrogens is 326 g/mol. The van der Waals surface area contributed by atoms with Crippen LogP contribution in [0, 0.1) is 20.8 Å². The average Bonchev–Trinajstić information content (AvgIpc) is 2.57. The molecule has 0 aromatic heterocycles. The van der Waals surface area contributed by atoms with E-state index in [-0.39, 0.29) is 11.9 Å². The summed E-state index contributed by atoms with van der Waals surface area (Å²) in [5.41, 5.74) is 4.97. The minimum absolute atomic E-state index is 0.0895. The molecule has 2 aromatic rings. The third-order valence-electron chi connectivity index (χ3n) is 4.19. The highest BCUT2D eigenvalue weighted by molar-refractivity contribution is 5.94. The average molecular weight is 355 g/mol. The molecule has 0 aliphatic heterocycles. The zero-order valence-electron chi connectivity index (χ0n) is 16.6. The summed E-state index contributed by atoms with van der Waals surface area (Å²) < 4.78 is 11.8. The number of carbonyl (C=O) groups is 1. The number of ether oxygens (including phenoxy) is 2. The van der Waals surface area contributed by atoms with E-state index in [2.05, 4.69) is 32.2 Å². The Hall–Kier alpha value is -2.49. The maximum atomic E-state index is 12.3. The Morgan fingerprint density at radius 2 is 1.77 bits per heavy atom. The van der Waals surface area contributed by atoms with E-state index in [1.165, 1.54) is 5.56 Å². The van der Waals surface area contributed by atoms with Crippen LogP contribution in [0.15, 0.2) is 30.3 Å². The molecule has 1 amide bonds. The van der Waals surface area contributed by atoms with Gasteiger partial charge in [0.25, 0.3) is 5.91 Å². The SMILES string of the molecule is CCOc1ccc(C(=O)NC(C)C)cc1COc1cc(C)cc(C)c1C. The van der Waals surface area contributed by atoms with Crippen molar-refractivity contribution in [3.63, 3.8) is 0 Å². The van der Waals surface area contributed by atoms with E-state index >= 15 is 0 Å². The maximum Gasteiger partial charge on any atom is 0.251 e. The van der Waals surface area contributed by atoms with Crippen LogP contribution in [0.5, 0.6) is 11.5 Å². The molecule has 26 heavy (non-hydrogen) atoms. The molecule has 4 heteroatoms. The summed E-state index contributed by atoms with van der Waals surface area (Å²) >= 11 is 0. The minimum Gasteiger partial charge on any atom is -0.493 e. The predicted octanol–water partition coefficient (Wildman–Crippen LogP) is 4.73. The van der Waals surface area contributed by atoms with Gasteiger partial charge in [-0.05, 0) is 82.5 Å². The van der Waals surface area contributed by atoms with Gasteiger partial charge in [0.05, 0.1) is 6.61 Å². The number of hydrogen-bond donors (Lipinski definition) is 1. The summed E-state index contributed by atoms with van der Waals surface area (Å²) in [4.78, 5) is 12.3. The zero-order chi connectivity index (χ0) is 19.3. The predicted molar refractivity (Wildman–Crippen MR) is 105 cm³/mol. The van der Waals surface area contributed by atoms with E-state index in [4.69, 9.17) is 9.47 Å². The van der Waals surface area contributed by atoms with Crippen LogP contribution in [0.4, 0.5) is 0 Å². The standard InChI is InChI=1S/C22H29NO3/c1-7-25-20-9-8-18(22(24)23-14(2)3)12-19(20)13-26-21-11-15(4)10-16(5)17(21)6/h8-12,14H,7,13H2,1-6H3,(H,23,24). The van der Waals surface area contributed by atoms with Crippen molar-refractivity contribution in [2.75, 3.05) is 6.61 Å². The van der Waals surface area contributed by atoms with Gasteiger partial charge in [0, 0.05) is 17.2 Å². The van der Waals surface area contributed by atoms with Crippen LogP contribution in [-0.2, 0) is 6.61 Å². The van der Waals surface area contributed by atoms with Crippen LogP contribution in [-0.4, -0.2) is 18.6 Å². The van der Waals surface area contributed by atoms with Gasteiger partial charge in [-0.2, -0.15) is 0 Å². The van der Waals surface area contributed by atoms with Crippen molar-refractivity contribution in [1.82, 2.24) is 5.32 Å². The molecule has 2 aromatic carbocycles. The summed E-state index contributed by atoms with van der Waals surface area (Å²) in [6.07, 6.45) is 0. The summed E-state index contributed by atoms with van der Waals surface area (Å²) in [6, 6.07) is 9.75. The van der Waals surface area contributed by atoms with Crippen molar-refractivity contribution < 1.29 is 14.3 Å². The highest BCUT2D eigenvalue weighted by Crippen LogP contribution is 2.27. The lowest BCUT2D eigenvalue weighted by molar-refractivity contribution is 0.0943. The van der Waals surface area contributed by atoms with Gasteiger partial charge in [0.15, 0.2) is 0 Å². The fourth-order valence-electron chi connectivity index (χ4n) is 2.78. The first-order valence-electron chi connectivity index (χ1n) is 9.09. The third kappa shape index (κ3) is 5.01. The fraction of sp³-hybridized carbons (Fsp3) is 0.409. The van der Waals surface area contributed by atoms with Crippen LogP contribution in [0.25, 0.3) is 0 Å². The second-order valence-electron chi connectivity index (χ2n) is 6.88. The minimum atomic E-state index is -0.0909. The van der Waals surface area contributed by atoms with Crippen molar-refractivity contribution in [2.45, 2.75) is 54.2 Å². The third-order valence-corrected chi connectivity index (χ3v) is 4.19. The summed E-state index contributed by atoms with van der Waals surface area (Å²) in [5.74, 6) is 1.52. The second-order valence-corrected chi connectivity index (χ2v) is 6.88. The van der Waals surface area contributed by atoms with Crippen molar-refractivity contribution in [3.05, 3.63) is 58.1 Å². The summed E-state index contributed by atoms with van der Waals surface area (Å²) in [5, 5.41) is 2.91. The Morgan fingerprint density at radius 3 is 2.42 bits per heavy atom. The molecule has 0 aliphatic carbocycles.